The van der Waals surface area contributed by atoms with Gasteiger partial charge >= 0.3 is 0 Å². The molecule has 1 aliphatic rings. The van der Waals surface area contributed by atoms with Gasteiger partial charge in [-0.25, -0.2) is 0 Å². The molecule has 0 radical (unpaired) electrons. The molecular weight excluding hydrogens is 313 g/mol. The maximum absolute atomic E-state index is 12.3. The van der Waals surface area contributed by atoms with Crippen molar-refractivity contribution >= 4 is 29.1 Å². The molecule has 0 spiro atoms. The number of halogens is 2. The van der Waals surface area contributed by atoms with Gasteiger partial charge in [-0.3, -0.25) is 4.79 Å². The van der Waals surface area contributed by atoms with Crippen LogP contribution in [-0.2, 0) is 20.7 Å². The highest BCUT2D eigenvalue weighted by Gasteiger charge is 2.24. The predicted octanol–water partition coefficient (Wildman–Crippen LogP) is 2.80. The Hall–Kier alpha value is -0.810. The van der Waals surface area contributed by atoms with Gasteiger partial charge in [0.15, 0.2) is 0 Å². The van der Waals surface area contributed by atoms with Crippen LogP contribution in [0.5, 0.6) is 0 Å². The van der Waals surface area contributed by atoms with E-state index in [1.807, 2.05) is 11.0 Å². The van der Waals surface area contributed by atoms with E-state index in [1.165, 1.54) is 0 Å². The first-order chi connectivity index (χ1) is 10.1. The van der Waals surface area contributed by atoms with Crippen molar-refractivity contribution in [1.29, 1.82) is 0 Å². The summed E-state index contributed by atoms with van der Waals surface area (Å²) < 4.78 is 10.7. The average molecular weight is 332 g/mol. The second kappa shape index (κ2) is 7.99. The van der Waals surface area contributed by atoms with Crippen molar-refractivity contribution in [3.05, 3.63) is 33.8 Å². The van der Waals surface area contributed by atoms with Gasteiger partial charge in [-0.2, -0.15) is 0 Å². The van der Waals surface area contributed by atoms with E-state index in [2.05, 4.69) is 0 Å². The normalized spacial score (nSPS) is 18.8. The Morgan fingerprint density at radius 2 is 2.24 bits per heavy atom. The van der Waals surface area contributed by atoms with E-state index in [4.69, 9.17) is 32.7 Å². The summed E-state index contributed by atoms with van der Waals surface area (Å²) in [4.78, 5) is 14.2. The van der Waals surface area contributed by atoms with Crippen molar-refractivity contribution in [2.24, 2.45) is 0 Å². The number of carbonyl (C=O) groups excluding carboxylic acids is 1. The van der Waals surface area contributed by atoms with Gasteiger partial charge in [0.25, 0.3) is 0 Å². The average Bonchev–Trinajstić information content (AvgIpc) is 2.49. The Morgan fingerprint density at radius 1 is 1.43 bits per heavy atom. The molecule has 21 heavy (non-hydrogen) atoms. The quantitative estimate of drug-likeness (QED) is 0.832. The predicted molar refractivity (Wildman–Crippen MR) is 83.0 cm³/mol. The van der Waals surface area contributed by atoms with Crippen LogP contribution in [0.25, 0.3) is 0 Å². The molecule has 0 N–H and O–H groups in total. The smallest absolute Gasteiger partial charge is 0.227 e. The van der Waals surface area contributed by atoms with Gasteiger partial charge in [0.05, 0.1) is 29.2 Å². The fourth-order valence-corrected chi connectivity index (χ4v) is 2.63. The molecule has 1 saturated heterocycles. The summed E-state index contributed by atoms with van der Waals surface area (Å²) in [5.41, 5.74) is 0.870. The zero-order valence-corrected chi connectivity index (χ0v) is 13.5. The molecule has 0 aromatic heterocycles. The first-order valence-corrected chi connectivity index (χ1v) is 7.68. The van der Waals surface area contributed by atoms with Gasteiger partial charge in [0.2, 0.25) is 5.91 Å². The molecule has 0 aliphatic carbocycles. The van der Waals surface area contributed by atoms with Crippen molar-refractivity contribution in [2.45, 2.75) is 18.9 Å². The molecule has 1 heterocycles. The van der Waals surface area contributed by atoms with Gasteiger partial charge in [0, 0.05) is 26.8 Å². The summed E-state index contributed by atoms with van der Waals surface area (Å²) in [7, 11) is 1.66. The van der Waals surface area contributed by atoms with Crippen LogP contribution in [-0.4, -0.2) is 50.3 Å². The van der Waals surface area contributed by atoms with E-state index in [0.717, 1.165) is 12.0 Å². The van der Waals surface area contributed by atoms with Crippen molar-refractivity contribution < 1.29 is 14.3 Å². The minimum absolute atomic E-state index is 0.0523. The highest BCUT2D eigenvalue weighted by Crippen LogP contribution is 2.23. The Bertz CT molecular complexity index is 496. The molecule has 0 saturated carbocycles. The number of rotatable bonds is 5. The van der Waals surface area contributed by atoms with E-state index in [0.29, 0.717) is 42.8 Å². The number of hydrogen-bond donors (Lipinski definition) is 0. The summed E-state index contributed by atoms with van der Waals surface area (Å²) >= 11 is 11.9. The lowest BCUT2D eigenvalue weighted by Gasteiger charge is -2.33. The first-order valence-electron chi connectivity index (χ1n) is 6.92. The summed E-state index contributed by atoms with van der Waals surface area (Å²) in [5, 5.41) is 0.973. The Kier molecular flexibility index (Phi) is 6.30. The van der Waals surface area contributed by atoms with Crippen LogP contribution in [0.4, 0.5) is 0 Å². The molecule has 1 aromatic carbocycles. The standard InChI is InChI=1S/C15H19Cl2NO3/c1-20-6-4-12-10-18(5-7-21-12)15(19)9-11-2-3-13(16)14(17)8-11/h2-3,8,12H,4-7,9-10H2,1H3/t12-/m1/s1. The molecule has 6 heteroatoms. The zero-order chi connectivity index (χ0) is 15.2. The fourth-order valence-electron chi connectivity index (χ4n) is 2.31. The summed E-state index contributed by atoms with van der Waals surface area (Å²) in [6, 6.07) is 5.28. The molecule has 1 fully saturated rings. The Labute approximate surface area is 134 Å². The number of carbonyl (C=O) groups is 1. The molecule has 1 amide bonds. The van der Waals surface area contributed by atoms with Crippen molar-refractivity contribution in [3.8, 4) is 0 Å². The second-order valence-electron chi connectivity index (χ2n) is 5.04. The number of morpholine rings is 1. The molecule has 4 nitrogen and oxygen atoms in total. The van der Waals surface area contributed by atoms with Crippen LogP contribution >= 0.6 is 23.2 Å². The van der Waals surface area contributed by atoms with E-state index < -0.39 is 0 Å². The van der Waals surface area contributed by atoms with Crippen LogP contribution in [0, 0.1) is 0 Å². The number of amides is 1. The van der Waals surface area contributed by atoms with Crippen LogP contribution in [0.15, 0.2) is 18.2 Å². The minimum Gasteiger partial charge on any atom is -0.385 e. The Morgan fingerprint density at radius 3 is 2.95 bits per heavy atom. The van der Waals surface area contributed by atoms with E-state index in [1.54, 1.807) is 19.2 Å². The zero-order valence-electron chi connectivity index (χ0n) is 12.0. The summed E-state index contributed by atoms with van der Waals surface area (Å²) in [5.74, 6) is 0.0825. The molecule has 0 bridgehead atoms. The molecule has 1 aliphatic heterocycles. The van der Waals surface area contributed by atoms with E-state index in [9.17, 15) is 4.79 Å². The van der Waals surface area contributed by atoms with Gasteiger partial charge in [0.1, 0.15) is 0 Å². The third-order valence-electron chi connectivity index (χ3n) is 3.47. The summed E-state index contributed by atoms with van der Waals surface area (Å²) in [6.45, 7) is 2.45. The Balaban J connectivity index is 1.91. The lowest BCUT2D eigenvalue weighted by atomic mass is 10.1. The number of hydrogen-bond acceptors (Lipinski definition) is 3. The van der Waals surface area contributed by atoms with Crippen LogP contribution in [0.2, 0.25) is 10.0 Å². The number of methoxy groups -OCH3 is 1. The topological polar surface area (TPSA) is 38.8 Å². The summed E-state index contributed by atoms with van der Waals surface area (Å²) in [6.07, 6.45) is 1.18. The third kappa shape index (κ3) is 4.85. The molecule has 2 rings (SSSR count). The number of benzene rings is 1. The molecule has 0 unspecified atom stereocenters. The largest absolute Gasteiger partial charge is 0.385 e. The first kappa shape index (κ1) is 16.6. The van der Waals surface area contributed by atoms with E-state index >= 15 is 0 Å². The SMILES string of the molecule is COCC[C@@H]1CN(C(=O)Cc2ccc(Cl)c(Cl)c2)CCO1. The highest BCUT2D eigenvalue weighted by molar-refractivity contribution is 6.42. The fraction of sp³-hybridized carbons (Fsp3) is 0.533. The van der Waals surface area contributed by atoms with Crippen molar-refractivity contribution in [1.82, 2.24) is 4.90 Å². The molecule has 1 atom stereocenters. The molecule has 116 valence electrons. The molecular formula is C15H19Cl2NO3. The van der Waals surface area contributed by atoms with Crippen LogP contribution < -0.4 is 0 Å². The van der Waals surface area contributed by atoms with Gasteiger partial charge in [-0.1, -0.05) is 29.3 Å². The van der Waals surface area contributed by atoms with Gasteiger partial charge < -0.3 is 14.4 Å². The van der Waals surface area contributed by atoms with Crippen molar-refractivity contribution in [2.75, 3.05) is 33.4 Å². The van der Waals surface area contributed by atoms with Crippen LogP contribution in [0.3, 0.4) is 0 Å². The maximum atomic E-state index is 12.3. The number of nitrogens with zero attached hydrogens (tertiary/aromatic N) is 1. The number of ether oxygens (including phenoxy) is 2. The van der Waals surface area contributed by atoms with E-state index in [-0.39, 0.29) is 12.0 Å². The monoisotopic (exact) mass is 331 g/mol. The lowest BCUT2D eigenvalue weighted by Crippen LogP contribution is -2.46. The van der Waals surface area contributed by atoms with Gasteiger partial charge in [-0.05, 0) is 24.1 Å². The second-order valence-corrected chi connectivity index (χ2v) is 5.85. The van der Waals surface area contributed by atoms with Crippen LogP contribution in [0.1, 0.15) is 12.0 Å². The minimum atomic E-state index is 0.0523. The van der Waals surface area contributed by atoms with Crippen molar-refractivity contribution in [3.63, 3.8) is 0 Å². The third-order valence-corrected chi connectivity index (χ3v) is 4.21. The lowest BCUT2D eigenvalue weighted by molar-refractivity contribution is -0.138. The van der Waals surface area contributed by atoms with Gasteiger partial charge in [-0.15, -0.1) is 0 Å². The maximum Gasteiger partial charge on any atom is 0.227 e. The highest BCUT2D eigenvalue weighted by atomic mass is 35.5. The molecule has 1 aromatic rings.